The van der Waals surface area contributed by atoms with Gasteiger partial charge in [0.2, 0.25) is 0 Å². The van der Waals surface area contributed by atoms with Crippen molar-refractivity contribution in [3.8, 4) is 0 Å². The van der Waals surface area contributed by atoms with Gasteiger partial charge in [0.25, 0.3) is 0 Å². The van der Waals surface area contributed by atoms with E-state index in [1.165, 1.54) is 5.56 Å². The van der Waals surface area contributed by atoms with Crippen LogP contribution >= 0.6 is 0 Å². The summed E-state index contributed by atoms with van der Waals surface area (Å²) in [5.41, 5.74) is 1.17. The standard InChI is InChI=1S/C12H21NO3/c1-10-7-11(16-12(10)8-13-2)9-15-6-4-5-14-3/h7,13H,4-6,8-9H2,1-3H3. The van der Waals surface area contributed by atoms with E-state index in [4.69, 9.17) is 13.9 Å². The maximum Gasteiger partial charge on any atom is 0.130 e. The molecule has 0 aromatic carbocycles. The Labute approximate surface area is 96.9 Å². The third-order valence-electron chi connectivity index (χ3n) is 2.29. The predicted molar refractivity (Wildman–Crippen MR) is 62.4 cm³/mol. The molecular formula is C12H21NO3. The Balaban J connectivity index is 2.28. The highest BCUT2D eigenvalue weighted by Gasteiger charge is 2.06. The maximum atomic E-state index is 5.64. The second-order valence-electron chi connectivity index (χ2n) is 3.75. The van der Waals surface area contributed by atoms with E-state index >= 15 is 0 Å². The van der Waals surface area contributed by atoms with Crippen LogP contribution in [-0.4, -0.2) is 27.4 Å². The molecule has 0 bridgehead atoms. The van der Waals surface area contributed by atoms with Crippen LogP contribution in [0.5, 0.6) is 0 Å². The van der Waals surface area contributed by atoms with Gasteiger partial charge in [-0.05, 0) is 32.0 Å². The Morgan fingerprint density at radius 2 is 2.19 bits per heavy atom. The monoisotopic (exact) mass is 227 g/mol. The molecule has 0 aliphatic heterocycles. The molecule has 1 aromatic rings. The highest BCUT2D eigenvalue weighted by Crippen LogP contribution is 2.15. The lowest BCUT2D eigenvalue weighted by Crippen LogP contribution is -2.04. The van der Waals surface area contributed by atoms with Crippen LogP contribution in [-0.2, 0) is 22.6 Å². The average Bonchev–Trinajstić information content (AvgIpc) is 2.60. The molecule has 1 heterocycles. The Morgan fingerprint density at radius 1 is 1.38 bits per heavy atom. The van der Waals surface area contributed by atoms with Crippen LogP contribution in [0.3, 0.4) is 0 Å². The fourth-order valence-corrected chi connectivity index (χ4v) is 1.48. The minimum Gasteiger partial charge on any atom is -0.462 e. The zero-order chi connectivity index (χ0) is 11.8. The van der Waals surface area contributed by atoms with Gasteiger partial charge in [-0.25, -0.2) is 0 Å². The molecule has 0 saturated heterocycles. The van der Waals surface area contributed by atoms with Crippen molar-refractivity contribution in [2.75, 3.05) is 27.4 Å². The first-order valence-electron chi connectivity index (χ1n) is 5.57. The Hall–Kier alpha value is -0.840. The summed E-state index contributed by atoms with van der Waals surface area (Å²) in [5.74, 6) is 1.87. The lowest BCUT2D eigenvalue weighted by atomic mass is 10.2. The van der Waals surface area contributed by atoms with E-state index in [1.807, 2.05) is 20.0 Å². The van der Waals surface area contributed by atoms with Crippen LogP contribution in [0.25, 0.3) is 0 Å². The lowest BCUT2D eigenvalue weighted by molar-refractivity contribution is 0.0821. The maximum absolute atomic E-state index is 5.64. The summed E-state index contributed by atoms with van der Waals surface area (Å²) < 4.78 is 16.1. The Kier molecular flexibility index (Phi) is 6.15. The molecule has 0 fully saturated rings. The lowest BCUT2D eigenvalue weighted by Gasteiger charge is -2.01. The van der Waals surface area contributed by atoms with E-state index in [1.54, 1.807) is 7.11 Å². The molecule has 4 heteroatoms. The molecule has 0 aliphatic carbocycles. The first-order valence-corrected chi connectivity index (χ1v) is 5.57. The Bertz CT molecular complexity index is 296. The number of rotatable bonds is 8. The van der Waals surface area contributed by atoms with Crippen LogP contribution in [0.4, 0.5) is 0 Å². The van der Waals surface area contributed by atoms with E-state index < -0.39 is 0 Å². The van der Waals surface area contributed by atoms with E-state index in [0.717, 1.165) is 31.1 Å². The number of ether oxygens (including phenoxy) is 2. The van der Waals surface area contributed by atoms with Crippen LogP contribution in [0, 0.1) is 6.92 Å². The molecule has 0 amide bonds. The predicted octanol–water partition coefficient (Wildman–Crippen LogP) is 1.86. The molecule has 0 saturated carbocycles. The minimum absolute atomic E-state index is 0.536. The minimum atomic E-state index is 0.536. The molecule has 1 rings (SSSR count). The third kappa shape index (κ3) is 4.35. The molecule has 0 aliphatic rings. The van der Waals surface area contributed by atoms with Gasteiger partial charge in [-0.3, -0.25) is 0 Å². The van der Waals surface area contributed by atoms with E-state index in [0.29, 0.717) is 13.2 Å². The smallest absolute Gasteiger partial charge is 0.130 e. The van der Waals surface area contributed by atoms with Crippen LogP contribution in [0.15, 0.2) is 10.5 Å². The molecule has 1 N–H and O–H groups in total. The second-order valence-corrected chi connectivity index (χ2v) is 3.75. The number of methoxy groups -OCH3 is 1. The van der Waals surface area contributed by atoms with Gasteiger partial charge in [-0.1, -0.05) is 0 Å². The largest absolute Gasteiger partial charge is 0.462 e. The van der Waals surface area contributed by atoms with Crippen molar-refractivity contribution in [2.45, 2.75) is 26.5 Å². The summed E-state index contributed by atoms with van der Waals surface area (Å²) in [6, 6.07) is 2.03. The number of nitrogens with one attached hydrogen (secondary N) is 1. The summed E-state index contributed by atoms with van der Waals surface area (Å²) in [6.07, 6.45) is 0.916. The summed E-state index contributed by atoms with van der Waals surface area (Å²) >= 11 is 0. The summed E-state index contributed by atoms with van der Waals surface area (Å²) in [4.78, 5) is 0. The molecule has 0 atom stereocenters. The topological polar surface area (TPSA) is 43.6 Å². The summed E-state index contributed by atoms with van der Waals surface area (Å²) in [5, 5.41) is 3.07. The van der Waals surface area contributed by atoms with Crippen molar-refractivity contribution in [1.29, 1.82) is 0 Å². The highest BCUT2D eigenvalue weighted by molar-refractivity contribution is 5.19. The zero-order valence-corrected chi connectivity index (χ0v) is 10.3. The quantitative estimate of drug-likeness (QED) is 0.688. The van der Waals surface area contributed by atoms with Crippen LogP contribution in [0.1, 0.15) is 23.5 Å². The molecule has 1 aromatic heterocycles. The molecule has 16 heavy (non-hydrogen) atoms. The normalized spacial score (nSPS) is 10.9. The number of aryl methyl sites for hydroxylation is 1. The van der Waals surface area contributed by atoms with Gasteiger partial charge >= 0.3 is 0 Å². The van der Waals surface area contributed by atoms with Crippen molar-refractivity contribution >= 4 is 0 Å². The number of hydrogen-bond donors (Lipinski definition) is 1. The Morgan fingerprint density at radius 3 is 2.88 bits per heavy atom. The third-order valence-corrected chi connectivity index (χ3v) is 2.29. The van der Waals surface area contributed by atoms with Gasteiger partial charge in [0.1, 0.15) is 18.1 Å². The molecule has 0 unspecified atom stereocenters. The van der Waals surface area contributed by atoms with Gasteiger partial charge in [0, 0.05) is 20.3 Å². The van der Waals surface area contributed by atoms with E-state index in [-0.39, 0.29) is 0 Å². The average molecular weight is 227 g/mol. The molecule has 0 radical (unpaired) electrons. The van der Waals surface area contributed by atoms with Crippen molar-refractivity contribution < 1.29 is 13.9 Å². The van der Waals surface area contributed by atoms with Gasteiger partial charge in [-0.2, -0.15) is 0 Å². The van der Waals surface area contributed by atoms with Gasteiger partial charge < -0.3 is 19.2 Å². The molecule has 92 valence electrons. The number of furan rings is 1. The van der Waals surface area contributed by atoms with Gasteiger partial charge in [-0.15, -0.1) is 0 Å². The zero-order valence-electron chi connectivity index (χ0n) is 10.3. The number of hydrogen-bond acceptors (Lipinski definition) is 4. The summed E-state index contributed by atoms with van der Waals surface area (Å²) in [7, 11) is 3.60. The first kappa shape index (κ1) is 13.2. The SMILES string of the molecule is CNCc1oc(COCCCOC)cc1C. The van der Waals surface area contributed by atoms with E-state index in [9.17, 15) is 0 Å². The van der Waals surface area contributed by atoms with Crippen LogP contribution < -0.4 is 5.32 Å². The molecule has 4 nitrogen and oxygen atoms in total. The molecule has 0 spiro atoms. The van der Waals surface area contributed by atoms with Crippen molar-refractivity contribution in [1.82, 2.24) is 5.32 Å². The van der Waals surface area contributed by atoms with Crippen LogP contribution in [0.2, 0.25) is 0 Å². The van der Waals surface area contributed by atoms with Crippen molar-refractivity contribution in [3.63, 3.8) is 0 Å². The fraction of sp³-hybridized carbons (Fsp3) is 0.667. The van der Waals surface area contributed by atoms with Crippen molar-refractivity contribution in [2.24, 2.45) is 0 Å². The second kappa shape index (κ2) is 7.44. The van der Waals surface area contributed by atoms with E-state index in [2.05, 4.69) is 5.32 Å². The molecular weight excluding hydrogens is 206 g/mol. The van der Waals surface area contributed by atoms with Gasteiger partial charge in [0.15, 0.2) is 0 Å². The summed E-state index contributed by atoms with van der Waals surface area (Å²) in [6.45, 7) is 4.78. The fourth-order valence-electron chi connectivity index (χ4n) is 1.48. The first-order chi connectivity index (χ1) is 7.77. The highest BCUT2D eigenvalue weighted by atomic mass is 16.5. The van der Waals surface area contributed by atoms with Gasteiger partial charge in [0.05, 0.1) is 6.54 Å². The van der Waals surface area contributed by atoms with Crippen molar-refractivity contribution in [3.05, 3.63) is 23.2 Å².